The predicted octanol–water partition coefficient (Wildman–Crippen LogP) is 5.67. The van der Waals surface area contributed by atoms with E-state index in [-0.39, 0.29) is 12.0 Å². The number of amides is 1. The van der Waals surface area contributed by atoms with Gasteiger partial charge in [0.15, 0.2) is 0 Å². The van der Waals surface area contributed by atoms with Crippen LogP contribution in [0.2, 0.25) is 0 Å². The number of hydrogen-bond donors (Lipinski definition) is 0. The van der Waals surface area contributed by atoms with Crippen LogP contribution in [0.5, 0.6) is 0 Å². The largest absolute Gasteiger partial charge is 0.342 e. The molecule has 0 saturated carbocycles. The minimum atomic E-state index is 0.00160. The third-order valence-electron chi connectivity index (χ3n) is 8.64. The summed E-state index contributed by atoms with van der Waals surface area (Å²) < 4.78 is 0. The van der Waals surface area contributed by atoms with Crippen LogP contribution in [0.1, 0.15) is 68.5 Å². The topological polar surface area (TPSA) is 26.8 Å². The average molecular weight is 474 g/mol. The molecule has 3 fully saturated rings. The van der Waals surface area contributed by atoms with Gasteiger partial charge in [-0.2, -0.15) is 0 Å². The lowest BCUT2D eigenvalue weighted by molar-refractivity contribution is -0.134. The van der Waals surface area contributed by atoms with Crippen LogP contribution in [-0.4, -0.2) is 65.4 Å². The Hall–Kier alpha value is -2.17. The summed E-state index contributed by atoms with van der Waals surface area (Å²) in [4.78, 5) is 20.7. The second kappa shape index (κ2) is 11.3. The maximum Gasteiger partial charge on any atom is 0.229 e. The standard InChI is InChI=1S/C31H43N3O/c1-3-18-32-21-17-28-11-8-12-29(23-32)34(28)30(27-10-7-9-24(2)22-27)25-13-15-26(16-14-25)31(35)33-19-5-4-6-20-33/h3,7,9-10,13-15,22,26,28-30H,1,4-6,8,11-12,16-21,23H2,2H3. The van der Waals surface area contributed by atoms with Gasteiger partial charge in [0, 0.05) is 44.8 Å². The number of likely N-dealkylation sites (tertiary alicyclic amines) is 1. The Morgan fingerprint density at radius 2 is 1.91 bits per heavy atom. The number of benzene rings is 1. The molecule has 4 aliphatic rings. The number of hydrogen-bond acceptors (Lipinski definition) is 3. The van der Waals surface area contributed by atoms with Crippen LogP contribution in [0.15, 0.2) is 60.7 Å². The Morgan fingerprint density at radius 3 is 2.66 bits per heavy atom. The molecule has 1 aromatic carbocycles. The first-order valence-electron chi connectivity index (χ1n) is 14.0. The Morgan fingerprint density at radius 1 is 1.09 bits per heavy atom. The van der Waals surface area contributed by atoms with E-state index in [2.05, 4.69) is 76.8 Å². The summed E-state index contributed by atoms with van der Waals surface area (Å²) in [6, 6.07) is 10.5. The van der Waals surface area contributed by atoms with E-state index < -0.39 is 0 Å². The molecule has 2 bridgehead atoms. The van der Waals surface area contributed by atoms with Crippen molar-refractivity contribution in [3.05, 3.63) is 71.8 Å². The molecule has 0 radical (unpaired) electrons. The van der Waals surface area contributed by atoms with Crippen molar-refractivity contribution < 1.29 is 4.79 Å². The SMILES string of the molecule is C=CCN1CCC2CCCC(C1)N2C(C1=CCC(C(=O)N2CCCCC2)C=C1)c1cccc(C)c1. The van der Waals surface area contributed by atoms with Gasteiger partial charge in [0.05, 0.1) is 12.0 Å². The van der Waals surface area contributed by atoms with Gasteiger partial charge in [-0.3, -0.25) is 14.6 Å². The van der Waals surface area contributed by atoms with E-state index >= 15 is 0 Å². The van der Waals surface area contributed by atoms with Crippen LogP contribution >= 0.6 is 0 Å². The molecule has 3 heterocycles. The highest BCUT2D eigenvalue weighted by Crippen LogP contribution is 2.42. The summed E-state index contributed by atoms with van der Waals surface area (Å²) in [5.41, 5.74) is 4.10. The molecular weight excluding hydrogens is 430 g/mol. The van der Waals surface area contributed by atoms with Gasteiger partial charge in [0.25, 0.3) is 0 Å². The number of piperidine rings is 2. The fourth-order valence-corrected chi connectivity index (χ4v) is 6.90. The summed E-state index contributed by atoms with van der Waals surface area (Å²) in [5.74, 6) is 0.330. The molecule has 188 valence electrons. The third kappa shape index (κ3) is 5.49. The highest BCUT2D eigenvalue weighted by Gasteiger charge is 2.40. The number of nitrogens with zero attached hydrogens (tertiary/aromatic N) is 3. The van der Waals surface area contributed by atoms with E-state index in [1.165, 1.54) is 48.8 Å². The minimum Gasteiger partial charge on any atom is -0.342 e. The maximum absolute atomic E-state index is 13.2. The van der Waals surface area contributed by atoms with Crippen molar-refractivity contribution >= 4 is 5.91 Å². The molecule has 0 aromatic heterocycles. The summed E-state index contributed by atoms with van der Waals surface area (Å²) >= 11 is 0. The first-order chi connectivity index (χ1) is 17.1. The second-order valence-corrected chi connectivity index (χ2v) is 11.1. The van der Waals surface area contributed by atoms with E-state index in [1.54, 1.807) is 0 Å². The van der Waals surface area contributed by atoms with Crippen LogP contribution in [-0.2, 0) is 4.79 Å². The van der Waals surface area contributed by atoms with E-state index in [9.17, 15) is 4.79 Å². The number of aryl methyl sites for hydroxylation is 1. The molecule has 1 aromatic rings. The molecule has 5 rings (SSSR count). The molecule has 0 spiro atoms. The number of fused-ring (bicyclic) bond motifs is 2. The van der Waals surface area contributed by atoms with Gasteiger partial charge < -0.3 is 4.90 Å². The molecule has 3 saturated heterocycles. The van der Waals surface area contributed by atoms with Gasteiger partial charge in [-0.1, -0.05) is 60.6 Å². The van der Waals surface area contributed by atoms with Crippen molar-refractivity contribution in [2.75, 3.05) is 32.7 Å². The zero-order valence-electron chi connectivity index (χ0n) is 21.6. The zero-order chi connectivity index (χ0) is 24.2. The van der Waals surface area contributed by atoms with Crippen molar-refractivity contribution in [1.29, 1.82) is 0 Å². The number of carbonyl (C=O) groups excluding carboxylic acids is 1. The Balaban J connectivity index is 1.42. The monoisotopic (exact) mass is 473 g/mol. The molecule has 0 N–H and O–H groups in total. The van der Waals surface area contributed by atoms with Gasteiger partial charge in [0.1, 0.15) is 0 Å². The molecule has 3 aliphatic heterocycles. The highest BCUT2D eigenvalue weighted by atomic mass is 16.2. The molecule has 1 aliphatic carbocycles. The van der Waals surface area contributed by atoms with E-state index in [0.717, 1.165) is 52.0 Å². The van der Waals surface area contributed by atoms with Gasteiger partial charge in [-0.15, -0.1) is 6.58 Å². The van der Waals surface area contributed by atoms with Gasteiger partial charge >= 0.3 is 0 Å². The van der Waals surface area contributed by atoms with Crippen molar-refractivity contribution in [3.63, 3.8) is 0 Å². The molecule has 4 nitrogen and oxygen atoms in total. The van der Waals surface area contributed by atoms with E-state index in [0.29, 0.717) is 18.0 Å². The van der Waals surface area contributed by atoms with Crippen molar-refractivity contribution in [1.82, 2.24) is 14.7 Å². The number of rotatable bonds is 6. The van der Waals surface area contributed by atoms with Crippen molar-refractivity contribution in [2.45, 2.75) is 76.4 Å². The second-order valence-electron chi connectivity index (χ2n) is 11.1. The molecular formula is C31H43N3O. The Labute approximate surface area is 212 Å². The van der Waals surface area contributed by atoms with Crippen LogP contribution in [0, 0.1) is 12.8 Å². The van der Waals surface area contributed by atoms with Crippen molar-refractivity contribution in [3.8, 4) is 0 Å². The first-order valence-corrected chi connectivity index (χ1v) is 14.0. The third-order valence-corrected chi connectivity index (χ3v) is 8.64. The smallest absolute Gasteiger partial charge is 0.229 e. The lowest BCUT2D eigenvalue weighted by atomic mass is 9.84. The van der Waals surface area contributed by atoms with Crippen LogP contribution in [0.4, 0.5) is 0 Å². The predicted molar refractivity (Wildman–Crippen MR) is 144 cm³/mol. The summed E-state index contributed by atoms with van der Waals surface area (Å²) in [6.45, 7) is 11.3. The molecule has 4 heteroatoms. The van der Waals surface area contributed by atoms with Crippen molar-refractivity contribution in [2.24, 2.45) is 5.92 Å². The Kier molecular flexibility index (Phi) is 7.89. The number of carbonyl (C=O) groups is 1. The fraction of sp³-hybridized carbons (Fsp3) is 0.581. The van der Waals surface area contributed by atoms with E-state index in [1.807, 2.05) is 0 Å². The van der Waals surface area contributed by atoms with Crippen LogP contribution in [0.3, 0.4) is 0 Å². The average Bonchev–Trinajstić information content (AvgIpc) is 2.97. The fourth-order valence-electron chi connectivity index (χ4n) is 6.90. The van der Waals surface area contributed by atoms with E-state index in [4.69, 9.17) is 0 Å². The molecule has 35 heavy (non-hydrogen) atoms. The quantitative estimate of drug-likeness (QED) is 0.499. The lowest BCUT2D eigenvalue weighted by Crippen LogP contribution is -2.50. The first kappa shape index (κ1) is 24.5. The summed E-state index contributed by atoms with van der Waals surface area (Å²) in [7, 11) is 0. The molecule has 1 amide bonds. The van der Waals surface area contributed by atoms with Gasteiger partial charge in [-0.05, 0) is 63.0 Å². The van der Waals surface area contributed by atoms with Crippen LogP contribution < -0.4 is 0 Å². The number of allylic oxidation sites excluding steroid dienone is 1. The molecule has 4 atom stereocenters. The maximum atomic E-state index is 13.2. The highest BCUT2D eigenvalue weighted by molar-refractivity contribution is 5.81. The summed E-state index contributed by atoms with van der Waals surface area (Å²) in [5, 5.41) is 0. The lowest BCUT2D eigenvalue weighted by Gasteiger charge is -2.47. The molecule has 4 unspecified atom stereocenters. The Bertz CT molecular complexity index is 960. The van der Waals surface area contributed by atoms with Gasteiger partial charge in [0.2, 0.25) is 5.91 Å². The minimum absolute atomic E-state index is 0.00160. The zero-order valence-corrected chi connectivity index (χ0v) is 21.6. The van der Waals surface area contributed by atoms with Gasteiger partial charge in [-0.25, -0.2) is 0 Å². The van der Waals surface area contributed by atoms with Crippen LogP contribution in [0.25, 0.3) is 0 Å². The summed E-state index contributed by atoms with van der Waals surface area (Å²) in [6.07, 6.45) is 18.5. The normalized spacial score (nSPS) is 28.8.